The van der Waals surface area contributed by atoms with Crippen molar-refractivity contribution in [2.45, 2.75) is 38.6 Å². The van der Waals surface area contributed by atoms with Crippen LogP contribution in [-0.4, -0.2) is 27.4 Å². The molecule has 1 heterocycles. The number of aromatic nitrogens is 3. The Morgan fingerprint density at radius 2 is 2.44 bits per heavy atom. The lowest BCUT2D eigenvalue weighted by molar-refractivity contribution is 0.685. The molecular formula is C12H20N4. The third-order valence-electron chi connectivity index (χ3n) is 2.89. The van der Waals surface area contributed by atoms with E-state index in [9.17, 15) is 0 Å². The lowest BCUT2D eigenvalue weighted by Gasteiger charge is -2.02. The van der Waals surface area contributed by atoms with Gasteiger partial charge in [-0.3, -0.25) is 4.68 Å². The van der Waals surface area contributed by atoms with Crippen LogP contribution in [-0.2, 0) is 13.5 Å². The van der Waals surface area contributed by atoms with E-state index in [1.54, 1.807) is 6.33 Å². The molecule has 1 saturated carbocycles. The van der Waals surface area contributed by atoms with Crippen molar-refractivity contribution in [3.8, 4) is 0 Å². The molecule has 0 amide bonds. The van der Waals surface area contributed by atoms with Gasteiger partial charge in [0.2, 0.25) is 0 Å². The molecule has 0 atom stereocenters. The molecule has 2 rings (SSSR count). The summed E-state index contributed by atoms with van der Waals surface area (Å²) in [6.07, 6.45) is 8.64. The predicted octanol–water partition coefficient (Wildman–Crippen LogP) is 1.45. The Kier molecular flexibility index (Phi) is 3.72. The lowest BCUT2D eigenvalue weighted by atomic mass is 10.1. The Morgan fingerprint density at radius 1 is 1.62 bits per heavy atom. The van der Waals surface area contributed by atoms with E-state index >= 15 is 0 Å². The highest BCUT2D eigenvalue weighted by molar-refractivity contribution is 5.06. The molecule has 88 valence electrons. The third-order valence-corrected chi connectivity index (χ3v) is 2.89. The molecule has 0 radical (unpaired) electrons. The van der Waals surface area contributed by atoms with Gasteiger partial charge in [-0.05, 0) is 32.7 Å². The molecule has 4 heteroatoms. The Labute approximate surface area is 96.8 Å². The van der Waals surface area contributed by atoms with Gasteiger partial charge in [0.1, 0.15) is 12.2 Å². The highest BCUT2D eigenvalue weighted by atomic mass is 15.3. The van der Waals surface area contributed by atoms with E-state index < -0.39 is 0 Å². The van der Waals surface area contributed by atoms with E-state index in [2.05, 4.69) is 28.4 Å². The van der Waals surface area contributed by atoms with Gasteiger partial charge in [-0.2, -0.15) is 5.10 Å². The van der Waals surface area contributed by atoms with Crippen LogP contribution in [0.3, 0.4) is 0 Å². The van der Waals surface area contributed by atoms with Crippen LogP contribution in [0.15, 0.2) is 18.0 Å². The maximum Gasteiger partial charge on any atom is 0.138 e. The molecule has 1 N–H and O–H groups in total. The summed E-state index contributed by atoms with van der Waals surface area (Å²) in [5, 5.41) is 7.57. The maximum atomic E-state index is 4.22. The smallest absolute Gasteiger partial charge is 0.138 e. The Balaban J connectivity index is 1.71. The summed E-state index contributed by atoms with van der Waals surface area (Å²) in [5.74, 6) is 1.03. The molecule has 1 aromatic rings. The van der Waals surface area contributed by atoms with Crippen molar-refractivity contribution >= 4 is 0 Å². The highest BCUT2D eigenvalue weighted by Crippen LogP contribution is 2.18. The van der Waals surface area contributed by atoms with E-state index in [-0.39, 0.29) is 0 Å². The van der Waals surface area contributed by atoms with Crippen LogP contribution in [0.1, 0.15) is 32.0 Å². The zero-order chi connectivity index (χ0) is 11.4. The van der Waals surface area contributed by atoms with E-state index in [4.69, 9.17) is 0 Å². The fourth-order valence-corrected chi connectivity index (χ4v) is 1.70. The molecular weight excluding hydrogens is 200 g/mol. The SMILES string of the molecule is CC(=CCCNC1CC1)Cc1ncnn1C. The van der Waals surface area contributed by atoms with Gasteiger partial charge < -0.3 is 5.32 Å². The zero-order valence-electron chi connectivity index (χ0n) is 10.1. The van der Waals surface area contributed by atoms with Gasteiger partial charge in [0.25, 0.3) is 0 Å². The molecule has 0 aliphatic heterocycles. The molecule has 1 fully saturated rings. The second-order valence-electron chi connectivity index (χ2n) is 4.54. The Morgan fingerprint density at radius 3 is 3.06 bits per heavy atom. The van der Waals surface area contributed by atoms with Crippen LogP contribution in [0.2, 0.25) is 0 Å². The monoisotopic (exact) mass is 220 g/mol. The van der Waals surface area contributed by atoms with Gasteiger partial charge in [0.05, 0.1) is 0 Å². The zero-order valence-corrected chi connectivity index (χ0v) is 10.1. The van der Waals surface area contributed by atoms with Crippen LogP contribution < -0.4 is 5.32 Å². The fraction of sp³-hybridized carbons (Fsp3) is 0.667. The van der Waals surface area contributed by atoms with Crippen molar-refractivity contribution in [3.63, 3.8) is 0 Å². The van der Waals surface area contributed by atoms with Crippen molar-refractivity contribution < 1.29 is 0 Å². The number of rotatable bonds is 6. The first-order chi connectivity index (χ1) is 7.75. The highest BCUT2D eigenvalue weighted by Gasteiger charge is 2.19. The van der Waals surface area contributed by atoms with Crippen LogP contribution in [0.5, 0.6) is 0 Å². The van der Waals surface area contributed by atoms with Gasteiger partial charge in [-0.15, -0.1) is 0 Å². The maximum absolute atomic E-state index is 4.22. The average Bonchev–Trinajstić information content (AvgIpc) is 3.00. The van der Waals surface area contributed by atoms with Crippen molar-refractivity contribution in [2.75, 3.05) is 6.54 Å². The van der Waals surface area contributed by atoms with Gasteiger partial charge >= 0.3 is 0 Å². The van der Waals surface area contributed by atoms with E-state index in [0.29, 0.717) is 0 Å². The summed E-state index contributed by atoms with van der Waals surface area (Å²) in [7, 11) is 1.93. The predicted molar refractivity (Wildman–Crippen MR) is 64.1 cm³/mol. The molecule has 0 saturated heterocycles. The summed E-state index contributed by atoms with van der Waals surface area (Å²) < 4.78 is 1.83. The first-order valence-corrected chi connectivity index (χ1v) is 5.97. The van der Waals surface area contributed by atoms with Crippen LogP contribution in [0, 0.1) is 0 Å². The fourth-order valence-electron chi connectivity index (χ4n) is 1.70. The summed E-state index contributed by atoms with van der Waals surface area (Å²) >= 11 is 0. The Bertz CT molecular complexity index is 363. The standard InChI is InChI=1S/C12H20N4/c1-10(4-3-7-13-11-5-6-11)8-12-14-9-15-16(12)2/h4,9,11,13H,3,5-8H2,1-2H3. The van der Waals surface area contributed by atoms with Crippen molar-refractivity contribution in [1.82, 2.24) is 20.1 Å². The first-order valence-electron chi connectivity index (χ1n) is 5.97. The molecule has 16 heavy (non-hydrogen) atoms. The number of allylic oxidation sites excluding steroid dienone is 1. The van der Waals surface area contributed by atoms with Gasteiger partial charge in [-0.25, -0.2) is 4.98 Å². The molecule has 1 aromatic heterocycles. The summed E-state index contributed by atoms with van der Waals surface area (Å²) in [6, 6.07) is 0.812. The number of nitrogens with one attached hydrogen (secondary N) is 1. The van der Waals surface area contributed by atoms with Crippen molar-refractivity contribution in [3.05, 3.63) is 23.8 Å². The minimum Gasteiger partial charge on any atom is -0.314 e. The van der Waals surface area contributed by atoms with Gasteiger partial charge in [-0.1, -0.05) is 11.6 Å². The summed E-state index contributed by atoms with van der Waals surface area (Å²) in [5.41, 5.74) is 1.37. The molecule has 4 nitrogen and oxygen atoms in total. The normalized spacial score (nSPS) is 16.8. The second kappa shape index (κ2) is 5.25. The quantitative estimate of drug-likeness (QED) is 0.583. The Hall–Kier alpha value is -1.16. The van der Waals surface area contributed by atoms with Gasteiger partial charge in [0, 0.05) is 19.5 Å². The van der Waals surface area contributed by atoms with Crippen molar-refractivity contribution in [1.29, 1.82) is 0 Å². The van der Waals surface area contributed by atoms with E-state index in [1.165, 1.54) is 18.4 Å². The summed E-state index contributed by atoms with van der Waals surface area (Å²) in [6.45, 7) is 3.26. The van der Waals surface area contributed by atoms with Gasteiger partial charge in [0.15, 0.2) is 0 Å². The summed E-state index contributed by atoms with van der Waals surface area (Å²) in [4.78, 5) is 4.22. The van der Waals surface area contributed by atoms with E-state index in [1.807, 2.05) is 11.7 Å². The largest absolute Gasteiger partial charge is 0.314 e. The second-order valence-corrected chi connectivity index (χ2v) is 4.54. The average molecular weight is 220 g/mol. The molecule has 0 aromatic carbocycles. The minimum absolute atomic E-state index is 0.812. The minimum atomic E-state index is 0.812. The van der Waals surface area contributed by atoms with Crippen molar-refractivity contribution in [2.24, 2.45) is 7.05 Å². The lowest BCUT2D eigenvalue weighted by Crippen LogP contribution is -2.16. The topological polar surface area (TPSA) is 42.7 Å². The third kappa shape index (κ3) is 3.45. The molecule has 1 aliphatic rings. The molecule has 0 unspecified atom stereocenters. The molecule has 1 aliphatic carbocycles. The first kappa shape index (κ1) is 11.3. The van der Waals surface area contributed by atoms with Crippen LogP contribution in [0.25, 0.3) is 0 Å². The molecule has 0 bridgehead atoms. The number of aryl methyl sites for hydroxylation is 1. The number of hydrogen-bond donors (Lipinski definition) is 1. The van der Waals surface area contributed by atoms with Crippen LogP contribution >= 0.6 is 0 Å². The number of nitrogens with zero attached hydrogens (tertiary/aromatic N) is 3. The number of hydrogen-bond acceptors (Lipinski definition) is 3. The van der Waals surface area contributed by atoms with Crippen LogP contribution in [0.4, 0.5) is 0 Å². The molecule has 0 spiro atoms. The van der Waals surface area contributed by atoms with E-state index in [0.717, 1.165) is 31.3 Å².